The molecule has 12 heavy (non-hydrogen) atoms. The Morgan fingerprint density at radius 2 is 2.08 bits per heavy atom. The molecule has 0 aliphatic heterocycles. The zero-order chi connectivity index (χ0) is 8.97. The number of hydrogen-bond acceptors (Lipinski definition) is 2. The molecule has 0 aromatic heterocycles. The average Bonchev–Trinajstić information content (AvgIpc) is 2.80. The van der Waals surface area contributed by atoms with E-state index < -0.39 is 0 Å². The van der Waals surface area contributed by atoms with Crippen LogP contribution >= 0.6 is 0 Å². The molecular weight excluding hydrogens is 152 g/mol. The Morgan fingerprint density at radius 3 is 2.50 bits per heavy atom. The van der Waals surface area contributed by atoms with Crippen molar-refractivity contribution in [2.24, 2.45) is 23.3 Å². The molecule has 0 heterocycles. The zero-order valence-electron chi connectivity index (χ0n) is 7.46. The Bertz CT molecular complexity index is 155. The van der Waals surface area contributed by atoms with Crippen LogP contribution in [0, 0.1) is 11.8 Å². The van der Waals surface area contributed by atoms with Crippen LogP contribution in [-0.4, -0.2) is 12.5 Å². The van der Waals surface area contributed by atoms with Gasteiger partial charge in [0, 0.05) is 5.92 Å². The second-order valence-corrected chi connectivity index (χ2v) is 3.63. The van der Waals surface area contributed by atoms with Gasteiger partial charge in [0.05, 0.1) is 0 Å². The minimum atomic E-state index is -0.116. The summed E-state index contributed by atoms with van der Waals surface area (Å²) in [6.45, 7) is 0.718. The highest BCUT2D eigenvalue weighted by Gasteiger charge is 2.34. The van der Waals surface area contributed by atoms with Crippen LogP contribution in [0.4, 0.5) is 0 Å². The summed E-state index contributed by atoms with van der Waals surface area (Å²) in [5, 5.41) is 0. The highest BCUT2D eigenvalue weighted by Crippen LogP contribution is 2.38. The molecule has 70 valence electrons. The van der Waals surface area contributed by atoms with E-state index in [1.54, 1.807) is 0 Å². The lowest BCUT2D eigenvalue weighted by Gasteiger charge is -2.10. The van der Waals surface area contributed by atoms with E-state index in [0.29, 0.717) is 5.92 Å². The summed E-state index contributed by atoms with van der Waals surface area (Å²) in [6, 6.07) is 0. The standard InChI is InChI=1S/C9H18N2O/c10-6-2-1-3-8(9(11)12)7-4-5-7/h7-8H,1-6,10H2,(H2,11,12). The van der Waals surface area contributed by atoms with Crippen LogP contribution in [0.2, 0.25) is 0 Å². The fourth-order valence-corrected chi connectivity index (χ4v) is 1.62. The van der Waals surface area contributed by atoms with Crippen LogP contribution in [-0.2, 0) is 4.79 Å². The fourth-order valence-electron chi connectivity index (χ4n) is 1.62. The molecule has 1 fully saturated rings. The van der Waals surface area contributed by atoms with Gasteiger partial charge in [0.2, 0.25) is 5.91 Å². The zero-order valence-corrected chi connectivity index (χ0v) is 7.46. The number of amides is 1. The first-order chi connectivity index (χ1) is 5.75. The predicted molar refractivity (Wildman–Crippen MR) is 48.3 cm³/mol. The van der Waals surface area contributed by atoms with Crippen LogP contribution in [0.15, 0.2) is 0 Å². The Balaban J connectivity index is 2.19. The molecular formula is C9H18N2O. The molecule has 0 aromatic rings. The first-order valence-corrected chi connectivity index (χ1v) is 4.75. The molecule has 3 nitrogen and oxygen atoms in total. The van der Waals surface area contributed by atoms with E-state index in [1.165, 1.54) is 12.8 Å². The highest BCUT2D eigenvalue weighted by atomic mass is 16.1. The van der Waals surface area contributed by atoms with Gasteiger partial charge in [0.15, 0.2) is 0 Å². The minimum absolute atomic E-state index is 0.116. The third-order valence-corrected chi connectivity index (χ3v) is 2.53. The SMILES string of the molecule is NCCCCC(C(N)=O)C1CC1. The summed E-state index contributed by atoms with van der Waals surface area (Å²) in [7, 11) is 0. The molecule has 4 N–H and O–H groups in total. The van der Waals surface area contributed by atoms with Crippen LogP contribution in [0.25, 0.3) is 0 Å². The highest BCUT2D eigenvalue weighted by molar-refractivity contribution is 5.77. The van der Waals surface area contributed by atoms with Crippen molar-refractivity contribution >= 4 is 5.91 Å². The monoisotopic (exact) mass is 170 g/mol. The van der Waals surface area contributed by atoms with E-state index in [1.807, 2.05) is 0 Å². The van der Waals surface area contributed by atoms with Crippen molar-refractivity contribution < 1.29 is 4.79 Å². The van der Waals surface area contributed by atoms with Gasteiger partial charge in [-0.3, -0.25) is 4.79 Å². The molecule has 0 aromatic carbocycles. The molecule has 1 aliphatic carbocycles. The van der Waals surface area contributed by atoms with Crippen molar-refractivity contribution in [3.8, 4) is 0 Å². The van der Waals surface area contributed by atoms with Gasteiger partial charge in [-0.05, 0) is 38.1 Å². The number of rotatable bonds is 6. The molecule has 3 heteroatoms. The number of carbonyl (C=O) groups excluding carboxylic acids is 1. The number of carbonyl (C=O) groups is 1. The average molecular weight is 170 g/mol. The third-order valence-electron chi connectivity index (χ3n) is 2.53. The number of primary amides is 1. The maximum Gasteiger partial charge on any atom is 0.220 e. The number of hydrogen-bond donors (Lipinski definition) is 2. The van der Waals surface area contributed by atoms with Gasteiger partial charge in [-0.25, -0.2) is 0 Å². The second-order valence-electron chi connectivity index (χ2n) is 3.63. The Hall–Kier alpha value is -0.570. The van der Waals surface area contributed by atoms with Gasteiger partial charge in [0.1, 0.15) is 0 Å². The fraction of sp³-hybridized carbons (Fsp3) is 0.889. The van der Waals surface area contributed by atoms with Gasteiger partial charge in [-0.1, -0.05) is 6.42 Å². The molecule has 1 saturated carbocycles. The normalized spacial score (nSPS) is 19.1. The smallest absolute Gasteiger partial charge is 0.220 e. The largest absolute Gasteiger partial charge is 0.369 e. The predicted octanol–water partition coefficient (Wildman–Crippen LogP) is 0.627. The van der Waals surface area contributed by atoms with Crippen LogP contribution in [0.3, 0.4) is 0 Å². The molecule has 0 spiro atoms. The first kappa shape index (κ1) is 9.52. The van der Waals surface area contributed by atoms with Crippen LogP contribution in [0.5, 0.6) is 0 Å². The van der Waals surface area contributed by atoms with Gasteiger partial charge in [-0.2, -0.15) is 0 Å². The summed E-state index contributed by atoms with van der Waals surface area (Å²) in [6.07, 6.45) is 5.38. The second kappa shape index (κ2) is 4.45. The van der Waals surface area contributed by atoms with Gasteiger partial charge in [0.25, 0.3) is 0 Å². The molecule has 1 rings (SSSR count). The molecule has 1 unspecified atom stereocenters. The van der Waals surface area contributed by atoms with E-state index in [4.69, 9.17) is 11.5 Å². The van der Waals surface area contributed by atoms with E-state index in [2.05, 4.69) is 0 Å². The third kappa shape index (κ3) is 2.81. The topological polar surface area (TPSA) is 69.1 Å². The summed E-state index contributed by atoms with van der Waals surface area (Å²) < 4.78 is 0. The lowest BCUT2D eigenvalue weighted by molar-refractivity contribution is -0.122. The van der Waals surface area contributed by atoms with E-state index in [0.717, 1.165) is 25.8 Å². The lowest BCUT2D eigenvalue weighted by Crippen LogP contribution is -2.25. The Kier molecular flexibility index (Phi) is 3.53. The number of unbranched alkanes of at least 4 members (excludes halogenated alkanes) is 1. The quantitative estimate of drug-likeness (QED) is 0.574. The Morgan fingerprint density at radius 1 is 1.42 bits per heavy atom. The Labute approximate surface area is 73.5 Å². The maximum atomic E-state index is 11.0. The van der Waals surface area contributed by atoms with Gasteiger partial charge < -0.3 is 11.5 Å². The molecule has 1 amide bonds. The lowest BCUT2D eigenvalue weighted by atomic mass is 9.96. The summed E-state index contributed by atoms with van der Waals surface area (Å²) in [4.78, 5) is 11.0. The molecule has 1 aliphatic rings. The summed E-state index contributed by atoms with van der Waals surface area (Å²) in [5.41, 5.74) is 10.7. The maximum absolute atomic E-state index is 11.0. The van der Waals surface area contributed by atoms with Crippen molar-refractivity contribution in [2.45, 2.75) is 32.1 Å². The van der Waals surface area contributed by atoms with Crippen molar-refractivity contribution in [1.82, 2.24) is 0 Å². The molecule has 1 atom stereocenters. The van der Waals surface area contributed by atoms with Crippen molar-refractivity contribution in [3.05, 3.63) is 0 Å². The molecule has 0 radical (unpaired) electrons. The minimum Gasteiger partial charge on any atom is -0.369 e. The van der Waals surface area contributed by atoms with Crippen LogP contribution < -0.4 is 11.5 Å². The van der Waals surface area contributed by atoms with Crippen molar-refractivity contribution in [1.29, 1.82) is 0 Å². The summed E-state index contributed by atoms with van der Waals surface area (Å²) in [5.74, 6) is 0.617. The van der Waals surface area contributed by atoms with Crippen LogP contribution in [0.1, 0.15) is 32.1 Å². The molecule has 0 bridgehead atoms. The molecule has 0 saturated heterocycles. The van der Waals surface area contributed by atoms with Gasteiger partial charge in [-0.15, -0.1) is 0 Å². The van der Waals surface area contributed by atoms with E-state index in [9.17, 15) is 4.79 Å². The summed E-state index contributed by atoms with van der Waals surface area (Å²) >= 11 is 0. The van der Waals surface area contributed by atoms with Crippen molar-refractivity contribution in [2.75, 3.05) is 6.54 Å². The van der Waals surface area contributed by atoms with Crippen molar-refractivity contribution in [3.63, 3.8) is 0 Å². The van der Waals surface area contributed by atoms with E-state index >= 15 is 0 Å². The van der Waals surface area contributed by atoms with E-state index in [-0.39, 0.29) is 11.8 Å². The van der Waals surface area contributed by atoms with Gasteiger partial charge >= 0.3 is 0 Å². The number of nitrogens with two attached hydrogens (primary N) is 2. The first-order valence-electron chi connectivity index (χ1n) is 4.75.